The second kappa shape index (κ2) is 6.49. The summed E-state index contributed by atoms with van der Waals surface area (Å²) in [5.74, 6) is 0.560. The predicted molar refractivity (Wildman–Crippen MR) is 78.6 cm³/mol. The highest BCUT2D eigenvalue weighted by molar-refractivity contribution is 6.35. The molecule has 0 radical (unpaired) electrons. The molecule has 2 amide bonds. The van der Waals surface area contributed by atoms with Gasteiger partial charge in [0.15, 0.2) is 0 Å². The Labute approximate surface area is 123 Å². The number of benzene rings is 1. The van der Waals surface area contributed by atoms with Crippen LogP contribution >= 0.6 is 23.2 Å². The van der Waals surface area contributed by atoms with E-state index in [1.54, 1.807) is 12.1 Å². The van der Waals surface area contributed by atoms with Crippen LogP contribution in [0.2, 0.25) is 10.0 Å². The maximum absolute atomic E-state index is 11.8. The lowest BCUT2D eigenvalue weighted by Gasteiger charge is -2.17. The smallest absolute Gasteiger partial charge is 0.315 e. The lowest BCUT2D eigenvalue weighted by Crippen LogP contribution is -2.42. The normalized spacial score (nSPS) is 22.3. The predicted octanol–water partition coefficient (Wildman–Crippen LogP) is 3.98. The fourth-order valence-corrected chi connectivity index (χ4v) is 2.90. The number of hydrogen-bond acceptors (Lipinski definition) is 1. The Morgan fingerprint density at radius 1 is 1.37 bits per heavy atom. The molecule has 1 aliphatic rings. The maximum atomic E-state index is 11.8. The monoisotopic (exact) mass is 300 g/mol. The summed E-state index contributed by atoms with van der Waals surface area (Å²) in [5.41, 5.74) is 0.862. The average Bonchev–Trinajstić information content (AvgIpc) is 2.74. The largest absolute Gasteiger partial charge is 0.335 e. The molecule has 1 fully saturated rings. The van der Waals surface area contributed by atoms with Crippen LogP contribution in [0.4, 0.5) is 4.79 Å². The van der Waals surface area contributed by atoms with Crippen molar-refractivity contribution in [1.82, 2.24) is 10.6 Å². The van der Waals surface area contributed by atoms with Gasteiger partial charge in [0.05, 0.1) is 0 Å². The van der Waals surface area contributed by atoms with Crippen molar-refractivity contribution in [2.75, 3.05) is 0 Å². The molecule has 2 rings (SSSR count). The van der Waals surface area contributed by atoms with Gasteiger partial charge in [-0.2, -0.15) is 0 Å². The van der Waals surface area contributed by atoms with Gasteiger partial charge < -0.3 is 10.6 Å². The number of nitrogens with one attached hydrogen (secondary N) is 2. The number of halogens is 2. The molecule has 0 saturated heterocycles. The Hall–Kier alpha value is -0.930. The van der Waals surface area contributed by atoms with Gasteiger partial charge in [-0.1, -0.05) is 42.6 Å². The van der Waals surface area contributed by atoms with Gasteiger partial charge in [0.2, 0.25) is 0 Å². The Kier molecular flexibility index (Phi) is 4.94. The van der Waals surface area contributed by atoms with Crippen LogP contribution in [0.15, 0.2) is 18.2 Å². The molecule has 0 aromatic heterocycles. The standard InChI is InChI=1S/C14H18Cl2N2O/c1-9-3-2-4-13(9)18-14(19)17-8-10-5-6-11(15)7-12(10)16/h5-7,9,13H,2-4,8H2,1H3,(H2,17,18,19). The zero-order valence-corrected chi connectivity index (χ0v) is 12.4. The van der Waals surface area contributed by atoms with Crippen molar-refractivity contribution in [2.24, 2.45) is 5.92 Å². The molecular weight excluding hydrogens is 283 g/mol. The molecule has 2 atom stereocenters. The number of urea groups is 1. The van der Waals surface area contributed by atoms with E-state index in [4.69, 9.17) is 23.2 Å². The number of amides is 2. The summed E-state index contributed by atoms with van der Waals surface area (Å²) in [5, 5.41) is 7.01. The Morgan fingerprint density at radius 2 is 2.16 bits per heavy atom. The molecule has 0 aliphatic heterocycles. The van der Waals surface area contributed by atoms with E-state index >= 15 is 0 Å². The highest BCUT2D eigenvalue weighted by atomic mass is 35.5. The van der Waals surface area contributed by atoms with Gasteiger partial charge in [-0.05, 0) is 36.5 Å². The Morgan fingerprint density at radius 3 is 2.79 bits per heavy atom. The number of hydrogen-bond donors (Lipinski definition) is 2. The molecule has 3 nitrogen and oxygen atoms in total. The zero-order chi connectivity index (χ0) is 13.8. The van der Waals surface area contributed by atoms with Crippen molar-refractivity contribution in [2.45, 2.75) is 38.8 Å². The SMILES string of the molecule is CC1CCCC1NC(=O)NCc1ccc(Cl)cc1Cl. The van der Waals surface area contributed by atoms with Gasteiger partial charge >= 0.3 is 6.03 Å². The minimum Gasteiger partial charge on any atom is -0.335 e. The van der Waals surface area contributed by atoms with Crippen molar-refractivity contribution in [3.63, 3.8) is 0 Å². The molecule has 0 heterocycles. The van der Waals surface area contributed by atoms with Gasteiger partial charge in [-0.15, -0.1) is 0 Å². The number of rotatable bonds is 3. The minimum absolute atomic E-state index is 0.134. The highest BCUT2D eigenvalue weighted by Crippen LogP contribution is 2.24. The second-order valence-corrected chi connectivity index (χ2v) is 5.92. The first-order valence-corrected chi connectivity index (χ1v) is 7.30. The first-order chi connectivity index (χ1) is 9.06. The molecule has 0 bridgehead atoms. The maximum Gasteiger partial charge on any atom is 0.315 e. The fourth-order valence-electron chi connectivity index (χ4n) is 2.42. The van der Waals surface area contributed by atoms with Crippen molar-refractivity contribution < 1.29 is 4.79 Å². The van der Waals surface area contributed by atoms with Crippen molar-refractivity contribution in [3.8, 4) is 0 Å². The van der Waals surface area contributed by atoms with E-state index in [2.05, 4.69) is 17.6 Å². The third kappa shape index (κ3) is 4.02. The van der Waals surface area contributed by atoms with E-state index < -0.39 is 0 Å². The van der Waals surface area contributed by atoms with Crippen LogP contribution in [-0.4, -0.2) is 12.1 Å². The van der Waals surface area contributed by atoms with Crippen LogP contribution in [0.25, 0.3) is 0 Å². The molecule has 5 heteroatoms. The first-order valence-electron chi connectivity index (χ1n) is 6.54. The van der Waals surface area contributed by atoms with E-state index in [1.165, 1.54) is 12.8 Å². The van der Waals surface area contributed by atoms with E-state index in [9.17, 15) is 4.79 Å². The summed E-state index contributed by atoms with van der Waals surface area (Å²) < 4.78 is 0. The van der Waals surface area contributed by atoms with Crippen LogP contribution in [0.3, 0.4) is 0 Å². The van der Waals surface area contributed by atoms with Crippen LogP contribution in [0.1, 0.15) is 31.7 Å². The zero-order valence-electron chi connectivity index (χ0n) is 10.9. The van der Waals surface area contributed by atoms with Gasteiger partial charge in [-0.3, -0.25) is 0 Å². The molecule has 104 valence electrons. The van der Waals surface area contributed by atoms with Crippen LogP contribution in [0, 0.1) is 5.92 Å². The molecule has 1 aromatic carbocycles. The topological polar surface area (TPSA) is 41.1 Å². The molecule has 2 N–H and O–H groups in total. The molecule has 1 saturated carbocycles. The quantitative estimate of drug-likeness (QED) is 0.871. The van der Waals surface area contributed by atoms with Crippen LogP contribution in [0.5, 0.6) is 0 Å². The molecular formula is C14H18Cl2N2O. The minimum atomic E-state index is -0.134. The fraction of sp³-hybridized carbons (Fsp3) is 0.500. The van der Waals surface area contributed by atoms with E-state index in [0.717, 1.165) is 12.0 Å². The lowest BCUT2D eigenvalue weighted by atomic mass is 10.1. The molecule has 0 spiro atoms. The number of carbonyl (C=O) groups is 1. The first kappa shape index (κ1) is 14.5. The van der Waals surface area contributed by atoms with Crippen molar-refractivity contribution >= 4 is 29.2 Å². The third-order valence-corrected chi connectivity index (χ3v) is 4.22. The van der Waals surface area contributed by atoms with E-state index in [1.807, 2.05) is 6.07 Å². The summed E-state index contributed by atoms with van der Waals surface area (Å²) in [6.45, 7) is 2.58. The van der Waals surface area contributed by atoms with Gasteiger partial charge in [-0.25, -0.2) is 4.79 Å². The molecule has 19 heavy (non-hydrogen) atoms. The summed E-state index contributed by atoms with van der Waals surface area (Å²) in [6.07, 6.45) is 3.44. The highest BCUT2D eigenvalue weighted by Gasteiger charge is 2.24. The average molecular weight is 301 g/mol. The van der Waals surface area contributed by atoms with Crippen molar-refractivity contribution in [1.29, 1.82) is 0 Å². The molecule has 1 aliphatic carbocycles. The lowest BCUT2D eigenvalue weighted by molar-refractivity contribution is 0.234. The van der Waals surface area contributed by atoms with E-state index in [-0.39, 0.29) is 6.03 Å². The molecule has 1 aromatic rings. The summed E-state index contributed by atoms with van der Waals surface area (Å²) in [7, 11) is 0. The molecule has 2 unspecified atom stereocenters. The third-order valence-electron chi connectivity index (χ3n) is 3.63. The summed E-state index contributed by atoms with van der Waals surface area (Å²) in [4.78, 5) is 11.8. The Bertz CT molecular complexity index is 465. The Balaban J connectivity index is 1.83. The number of carbonyl (C=O) groups excluding carboxylic acids is 1. The summed E-state index contributed by atoms with van der Waals surface area (Å²) in [6, 6.07) is 5.42. The second-order valence-electron chi connectivity index (χ2n) is 5.08. The van der Waals surface area contributed by atoms with Gasteiger partial charge in [0, 0.05) is 22.6 Å². The van der Waals surface area contributed by atoms with Gasteiger partial charge in [0.25, 0.3) is 0 Å². The van der Waals surface area contributed by atoms with E-state index in [0.29, 0.717) is 28.5 Å². The van der Waals surface area contributed by atoms with Crippen LogP contribution in [-0.2, 0) is 6.54 Å². The van der Waals surface area contributed by atoms with Crippen molar-refractivity contribution in [3.05, 3.63) is 33.8 Å². The summed E-state index contributed by atoms with van der Waals surface area (Å²) >= 11 is 11.9. The van der Waals surface area contributed by atoms with Crippen LogP contribution < -0.4 is 10.6 Å². The van der Waals surface area contributed by atoms with Gasteiger partial charge in [0.1, 0.15) is 0 Å².